The number of pyridine rings is 1. The maximum absolute atomic E-state index is 13.7. The first kappa shape index (κ1) is 21.8. The summed E-state index contributed by atoms with van der Waals surface area (Å²) >= 11 is 5.70. The lowest BCUT2D eigenvalue weighted by atomic mass is 9.92. The predicted octanol–water partition coefficient (Wildman–Crippen LogP) is 4.24. The molecule has 2 aromatic carbocycles. The van der Waals surface area contributed by atoms with Gasteiger partial charge in [0.05, 0.1) is 16.6 Å². The van der Waals surface area contributed by atoms with E-state index in [0.29, 0.717) is 11.4 Å². The van der Waals surface area contributed by atoms with Crippen LogP contribution in [-0.4, -0.2) is 22.9 Å². The normalized spacial score (nSPS) is 15.1. The minimum absolute atomic E-state index is 0.0578. The molecule has 1 aliphatic rings. The summed E-state index contributed by atoms with van der Waals surface area (Å²) in [6, 6.07) is 12.8. The van der Waals surface area contributed by atoms with Crippen molar-refractivity contribution >= 4 is 34.8 Å². The van der Waals surface area contributed by atoms with E-state index < -0.39 is 17.6 Å². The van der Waals surface area contributed by atoms with Gasteiger partial charge in [0, 0.05) is 30.1 Å². The molecule has 0 spiro atoms. The SMILES string of the molecule is Cc1c2c(cc(=O)n1C)N(CC(=O)Nc1ccc(Cl)c(F)c1)C(=O)C(C)c1ccccc1-2. The molecule has 0 radical (unpaired) electrons. The van der Waals surface area contributed by atoms with Crippen LogP contribution in [0, 0.1) is 12.7 Å². The van der Waals surface area contributed by atoms with E-state index >= 15 is 0 Å². The fraction of sp³-hybridized carbons (Fsp3) is 0.208. The highest BCUT2D eigenvalue weighted by molar-refractivity contribution is 6.30. The fourth-order valence-electron chi connectivity index (χ4n) is 4.02. The first-order valence-corrected chi connectivity index (χ1v) is 10.4. The number of nitrogens with zero attached hydrogens (tertiary/aromatic N) is 2. The van der Waals surface area contributed by atoms with Gasteiger partial charge in [-0.05, 0) is 43.2 Å². The fourth-order valence-corrected chi connectivity index (χ4v) is 4.14. The lowest BCUT2D eigenvalue weighted by molar-refractivity contribution is -0.122. The number of benzene rings is 2. The van der Waals surface area contributed by atoms with Gasteiger partial charge in [-0.3, -0.25) is 14.4 Å². The van der Waals surface area contributed by atoms with Crippen molar-refractivity contribution in [2.45, 2.75) is 19.8 Å². The molecule has 1 atom stereocenters. The smallest absolute Gasteiger partial charge is 0.252 e. The standard InChI is InChI=1S/C24H21ClFN3O3/c1-13-16-6-4-5-7-17(16)23-14(2)28(3)22(31)11-20(23)29(24(13)32)12-21(30)27-15-8-9-18(25)19(26)10-15/h4-11,13H,12H2,1-3H3,(H,27,30). The maximum atomic E-state index is 13.7. The van der Waals surface area contributed by atoms with Gasteiger partial charge in [-0.1, -0.05) is 35.9 Å². The number of halogens is 2. The Hall–Kier alpha value is -3.45. The van der Waals surface area contributed by atoms with E-state index in [1.54, 1.807) is 14.0 Å². The quantitative estimate of drug-likeness (QED) is 0.644. The van der Waals surface area contributed by atoms with Crippen LogP contribution in [0.2, 0.25) is 5.02 Å². The molecule has 0 saturated heterocycles. The van der Waals surface area contributed by atoms with Crippen LogP contribution in [0.4, 0.5) is 15.8 Å². The van der Waals surface area contributed by atoms with Crippen LogP contribution in [0.1, 0.15) is 24.1 Å². The van der Waals surface area contributed by atoms with Crippen molar-refractivity contribution < 1.29 is 14.0 Å². The first-order valence-electron chi connectivity index (χ1n) is 10.0. The van der Waals surface area contributed by atoms with E-state index in [1.807, 2.05) is 31.2 Å². The Morgan fingerprint density at radius 3 is 2.59 bits per heavy atom. The number of hydrogen-bond acceptors (Lipinski definition) is 3. The van der Waals surface area contributed by atoms with Gasteiger partial charge in [0.1, 0.15) is 12.4 Å². The van der Waals surface area contributed by atoms with Crippen LogP contribution in [0.15, 0.2) is 53.3 Å². The number of anilines is 2. The molecule has 32 heavy (non-hydrogen) atoms. The molecule has 2 amide bonds. The van der Waals surface area contributed by atoms with E-state index in [1.165, 1.54) is 27.7 Å². The van der Waals surface area contributed by atoms with Crippen LogP contribution < -0.4 is 15.8 Å². The number of carbonyl (C=O) groups excluding carboxylic acids is 2. The molecule has 0 bridgehead atoms. The summed E-state index contributed by atoms with van der Waals surface area (Å²) in [5.74, 6) is -2.02. The molecule has 0 saturated carbocycles. The minimum Gasteiger partial charge on any atom is -0.324 e. The van der Waals surface area contributed by atoms with E-state index in [4.69, 9.17) is 11.6 Å². The molecule has 0 aliphatic carbocycles. The summed E-state index contributed by atoms with van der Waals surface area (Å²) in [7, 11) is 1.67. The second kappa shape index (κ2) is 8.24. The van der Waals surface area contributed by atoms with Crippen molar-refractivity contribution in [2.24, 2.45) is 7.05 Å². The number of nitrogens with one attached hydrogen (secondary N) is 1. The Labute approximate surface area is 189 Å². The van der Waals surface area contributed by atoms with Crippen LogP contribution in [0.25, 0.3) is 11.1 Å². The molecule has 164 valence electrons. The maximum Gasteiger partial charge on any atom is 0.252 e. The van der Waals surface area contributed by atoms with Crippen molar-refractivity contribution in [1.82, 2.24) is 4.57 Å². The molecule has 1 N–H and O–H groups in total. The number of aromatic nitrogens is 1. The molecule has 8 heteroatoms. The van der Waals surface area contributed by atoms with Gasteiger partial charge in [0.25, 0.3) is 5.56 Å². The van der Waals surface area contributed by atoms with Crippen LogP contribution in [0.3, 0.4) is 0 Å². The summed E-state index contributed by atoms with van der Waals surface area (Å²) in [6.07, 6.45) is 0. The van der Waals surface area contributed by atoms with Crippen LogP contribution in [0.5, 0.6) is 0 Å². The van der Waals surface area contributed by atoms with Crippen molar-refractivity contribution in [3.8, 4) is 11.1 Å². The summed E-state index contributed by atoms with van der Waals surface area (Å²) in [4.78, 5) is 40.2. The molecule has 0 fully saturated rings. The van der Waals surface area contributed by atoms with Crippen molar-refractivity contribution in [3.05, 3.63) is 81.0 Å². The second-order valence-electron chi connectivity index (χ2n) is 7.80. The summed E-state index contributed by atoms with van der Waals surface area (Å²) in [5.41, 5.74) is 3.40. The van der Waals surface area contributed by atoms with Gasteiger partial charge >= 0.3 is 0 Å². The van der Waals surface area contributed by atoms with E-state index in [2.05, 4.69) is 5.32 Å². The highest BCUT2D eigenvalue weighted by atomic mass is 35.5. The van der Waals surface area contributed by atoms with Crippen molar-refractivity contribution in [3.63, 3.8) is 0 Å². The van der Waals surface area contributed by atoms with Crippen LogP contribution >= 0.6 is 11.6 Å². The predicted molar refractivity (Wildman–Crippen MR) is 123 cm³/mol. The first-order chi connectivity index (χ1) is 15.2. The highest BCUT2D eigenvalue weighted by Crippen LogP contribution is 2.41. The molecular formula is C24H21ClFN3O3. The number of rotatable bonds is 3. The Bertz CT molecular complexity index is 1320. The lowest BCUT2D eigenvalue weighted by Crippen LogP contribution is -2.40. The van der Waals surface area contributed by atoms with Gasteiger partial charge in [-0.15, -0.1) is 0 Å². The Kier molecular flexibility index (Phi) is 5.60. The Morgan fingerprint density at radius 2 is 1.88 bits per heavy atom. The highest BCUT2D eigenvalue weighted by Gasteiger charge is 2.34. The van der Waals surface area contributed by atoms with E-state index in [-0.39, 0.29) is 28.7 Å². The summed E-state index contributed by atoms with van der Waals surface area (Å²) < 4.78 is 15.3. The molecule has 4 rings (SSSR count). The summed E-state index contributed by atoms with van der Waals surface area (Å²) in [6.45, 7) is 3.26. The van der Waals surface area contributed by atoms with E-state index in [0.717, 1.165) is 22.8 Å². The molecule has 1 aromatic heterocycles. The second-order valence-corrected chi connectivity index (χ2v) is 8.20. The van der Waals surface area contributed by atoms with Gasteiger partial charge in [-0.2, -0.15) is 0 Å². The monoisotopic (exact) mass is 453 g/mol. The Morgan fingerprint density at radius 1 is 1.16 bits per heavy atom. The molecule has 1 unspecified atom stereocenters. The largest absolute Gasteiger partial charge is 0.324 e. The number of hydrogen-bond donors (Lipinski definition) is 1. The zero-order chi connectivity index (χ0) is 23.2. The lowest BCUT2D eigenvalue weighted by Gasteiger charge is -2.25. The number of carbonyl (C=O) groups is 2. The van der Waals surface area contributed by atoms with Gasteiger partial charge in [-0.25, -0.2) is 4.39 Å². The molecule has 6 nitrogen and oxygen atoms in total. The van der Waals surface area contributed by atoms with Crippen molar-refractivity contribution in [2.75, 3.05) is 16.8 Å². The average molecular weight is 454 g/mol. The molecule has 2 heterocycles. The van der Waals surface area contributed by atoms with Gasteiger partial charge in [0.15, 0.2) is 0 Å². The Balaban J connectivity index is 1.79. The van der Waals surface area contributed by atoms with E-state index in [9.17, 15) is 18.8 Å². The number of amides is 2. The number of fused-ring (bicyclic) bond motifs is 3. The average Bonchev–Trinajstić information content (AvgIpc) is 2.84. The van der Waals surface area contributed by atoms with Crippen molar-refractivity contribution in [1.29, 1.82) is 0 Å². The van der Waals surface area contributed by atoms with Gasteiger partial charge in [0.2, 0.25) is 11.8 Å². The zero-order valence-electron chi connectivity index (χ0n) is 17.8. The topological polar surface area (TPSA) is 71.4 Å². The van der Waals surface area contributed by atoms with Gasteiger partial charge < -0.3 is 14.8 Å². The third-order valence-corrected chi connectivity index (χ3v) is 6.15. The molecular weight excluding hydrogens is 433 g/mol. The van der Waals surface area contributed by atoms with Crippen LogP contribution in [-0.2, 0) is 16.6 Å². The summed E-state index contributed by atoms with van der Waals surface area (Å²) in [5, 5.41) is 2.53. The minimum atomic E-state index is -0.663. The zero-order valence-corrected chi connectivity index (χ0v) is 18.5. The molecule has 3 aromatic rings. The third-order valence-electron chi connectivity index (χ3n) is 5.84. The third kappa shape index (κ3) is 3.69. The molecule has 1 aliphatic heterocycles.